The molecule has 0 radical (unpaired) electrons. The summed E-state index contributed by atoms with van der Waals surface area (Å²) < 4.78 is 10.3. The van der Waals surface area contributed by atoms with E-state index in [-0.39, 0.29) is 5.69 Å². The number of hydrogen-bond donors (Lipinski definition) is 1. The Balaban J connectivity index is 1.62. The van der Waals surface area contributed by atoms with Gasteiger partial charge in [0.1, 0.15) is 10.8 Å². The number of methoxy groups -OCH3 is 1. The maximum Gasteiger partial charge on any atom is 0.358 e. The van der Waals surface area contributed by atoms with Crippen LogP contribution in [0.4, 0.5) is 5.69 Å². The first-order valence-corrected chi connectivity index (χ1v) is 9.50. The largest absolute Gasteiger partial charge is 0.497 e. The molecule has 7 nitrogen and oxygen atoms in total. The minimum absolute atomic E-state index is 0.131. The molecule has 3 aromatic rings. The van der Waals surface area contributed by atoms with Crippen LogP contribution in [0, 0.1) is 11.3 Å². The number of ether oxygens (including phenoxy) is 2. The van der Waals surface area contributed by atoms with E-state index in [1.807, 2.05) is 30.3 Å². The Morgan fingerprint density at radius 3 is 2.66 bits per heavy atom. The number of benzene rings is 2. The third-order valence-corrected chi connectivity index (χ3v) is 4.85. The smallest absolute Gasteiger partial charge is 0.358 e. The summed E-state index contributed by atoms with van der Waals surface area (Å²) in [7, 11) is 1.59. The van der Waals surface area contributed by atoms with Crippen LogP contribution in [0.5, 0.6) is 5.75 Å². The van der Waals surface area contributed by atoms with Crippen molar-refractivity contribution in [3.63, 3.8) is 0 Å². The van der Waals surface area contributed by atoms with Crippen LogP contribution in [0.2, 0.25) is 0 Å². The summed E-state index contributed by atoms with van der Waals surface area (Å²) in [6.07, 6.45) is -1.03. The summed E-state index contributed by atoms with van der Waals surface area (Å²) in [5, 5.41) is 13.8. The van der Waals surface area contributed by atoms with Gasteiger partial charge in [0.2, 0.25) is 0 Å². The van der Waals surface area contributed by atoms with Crippen molar-refractivity contribution in [2.45, 2.75) is 13.0 Å². The SMILES string of the molecule is COc1ccc(-c2nc(C(=O)O[C@H](C)C(=O)Nc3cccc(C#N)c3)cs2)cc1. The highest BCUT2D eigenvalue weighted by Crippen LogP contribution is 2.26. The lowest BCUT2D eigenvalue weighted by atomic mass is 10.2. The average molecular weight is 407 g/mol. The topological polar surface area (TPSA) is 101 Å². The minimum Gasteiger partial charge on any atom is -0.497 e. The van der Waals surface area contributed by atoms with Gasteiger partial charge in [-0.25, -0.2) is 9.78 Å². The molecular formula is C21H17N3O4S. The Kier molecular flexibility index (Phi) is 6.22. The van der Waals surface area contributed by atoms with E-state index in [0.29, 0.717) is 16.3 Å². The first-order valence-electron chi connectivity index (χ1n) is 8.62. The van der Waals surface area contributed by atoms with Gasteiger partial charge in [0, 0.05) is 16.6 Å². The van der Waals surface area contributed by atoms with Gasteiger partial charge in [0.15, 0.2) is 11.8 Å². The molecule has 0 aliphatic rings. The van der Waals surface area contributed by atoms with E-state index in [4.69, 9.17) is 14.7 Å². The fourth-order valence-electron chi connectivity index (χ4n) is 2.42. The molecule has 1 atom stereocenters. The van der Waals surface area contributed by atoms with Crippen LogP contribution in [0.3, 0.4) is 0 Å². The number of nitrogens with one attached hydrogen (secondary N) is 1. The molecule has 0 saturated carbocycles. The molecule has 3 rings (SSSR count). The van der Waals surface area contributed by atoms with Crippen molar-refractivity contribution in [2.75, 3.05) is 12.4 Å². The molecule has 29 heavy (non-hydrogen) atoms. The van der Waals surface area contributed by atoms with E-state index < -0.39 is 18.0 Å². The van der Waals surface area contributed by atoms with E-state index in [1.165, 1.54) is 24.3 Å². The van der Waals surface area contributed by atoms with Crippen LogP contribution < -0.4 is 10.1 Å². The molecule has 1 aromatic heterocycles. The second-order valence-corrected chi connectivity index (χ2v) is 6.85. The van der Waals surface area contributed by atoms with Crippen LogP contribution in [0.15, 0.2) is 53.9 Å². The number of anilines is 1. The van der Waals surface area contributed by atoms with Gasteiger partial charge in [0.25, 0.3) is 5.91 Å². The summed E-state index contributed by atoms with van der Waals surface area (Å²) >= 11 is 1.30. The second kappa shape index (κ2) is 8.99. The van der Waals surface area contributed by atoms with Crippen molar-refractivity contribution in [1.82, 2.24) is 4.98 Å². The molecule has 1 amide bonds. The molecule has 1 heterocycles. The van der Waals surface area contributed by atoms with Crippen molar-refractivity contribution in [3.8, 4) is 22.4 Å². The standard InChI is InChI=1S/C21H17N3O4S/c1-13(19(25)23-16-5-3-4-14(10-16)11-22)28-21(26)18-12-29-20(24-18)15-6-8-17(27-2)9-7-15/h3-10,12-13H,1-2H3,(H,23,25)/t13-/m1/s1. The summed E-state index contributed by atoms with van der Waals surface area (Å²) in [6, 6.07) is 15.8. The van der Waals surface area contributed by atoms with Gasteiger partial charge in [0.05, 0.1) is 18.7 Å². The zero-order valence-corrected chi connectivity index (χ0v) is 16.5. The number of amides is 1. The van der Waals surface area contributed by atoms with Gasteiger partial charge < -0.3 is 14.8 Å². The highest BCUT2D eigenvalue weighted by molar-refractivity contribution is 7.13. The molecular weight excluding hydrogens is 390 g/mol. The summed E-state index contributed by atoms with van der Waals surface area (Å²) in [5.41, 5.74) is 1.85. The highest BCUT2D eigenvalue weighted by Gasteiger charge is 2.21. The fraction of sp³-hybridized carbons (Fsp3) is 0.143. The summed E-state index contributed by atoms with van der Waals surface area (Å²) in [6.45, 7) is 1.47. The minimum atomic E-state index is -1.03. The molecule has 0 unspecified atom stereocenters. The van der Waals surface area contributed by atoms with E-state index in [0.717, 1.165) is 11.3 Å². The number of nitrogens with zero attached hydrogens (tertiary/aromatic N) is 2. The van der Waals surface area contributed by atoms with Crippen LogP contribution in [0.25, 0.3) is 10.6 Å². The average Bonchev–Trinajstić information content (AvgIpc) is 3.24. The lowest BCUT2D eigenvalue weighted by Gasteiger charge is -2.12. The maximum atomic E-state index is 12.3. The predicted molar refractivity (Wildman–Crippen MR) is 109 cm³/mol. The van der Waals surface area contributed by atoms with Crippen molar-refractivity contribution >= 4 is 28.9 Å². The monoisotopic (exact) mass is 407 g/mol. The molecule has 8 heteroatoms. The van der Waals surface area contributed by atoms with Gasteiger partial charge in [-0.05, 0) is 49.4 Å². The number of hydrogen-bond acceptors (Lipinski definition) is 7. The van der Waals surface area contributed by atoms with Crippen LogP contribution in [0.1, 0.15) is 23.0 Å². The highest BCUT2D eigenvalue weighted by atomic mass is 32.1. The van der Waals surface area contributed by atoms with Gasteiger partial charge in [-0.15, -0.1) is 11.3 Å². The van der Waals surface area contributed by atoms with Crippen LogP contribution in [-0.2, 0) is 9.53 Å². The van der Waals surface area contributed by atoms with E-state index in [2.05, 4.69) is 10.3 Å². The van der Waals surface area contributed by atoms with E-state index in [1.54, 1.807) is 30.7 Å². The number of carbonyl (C=O) groups excluding carboxylic acids is 2. The van der Waals surface area contributed by atoms with Crippen LogP contribution >= 0.6 is 11.3 Å². The fourth-order valence-corrected chi connectivity index (χ4v) is 3.21. The van der Waals surface area contributed by atoms with E-state index in [9.17, 15) is 9.59 Å². The summed E-state index contributed by atoms with van der Waals surface area (Å²) in [4.78, 5) is 28.9. The molecule has 0 aliphatic heterocycles. The molecule has 0 saturated heterocycles. The van der Waals surface area contributed by atoms with Gasteiger partial charge >= 0.3 is 5.97 Å². The third-order valence-electron chi connectivity index (χ3n) is 3.96. The lowest BCUT2D eigenvalue weighted by molar-refractivity contribution is -0.123. The first-order chi connectivity index (χ1) is 14.0. The van der Waals surface area contributed by atoms with Crippen LogP contribution in [-0.4, -0.2) is 30.1 Å². The number of rotatable bonds is 6. The van der Waals surface area contributed by atoms with Crippen molar-refractivity contribution in [1.29, 1.82) is 5.26 Å². The molecule has 0 aliphatic carbocycles. The first kappa shape index (κ1) is 20.0. The predicted octanol–water partition coefficient (Wildman–Crippen LogP) is 3.87. The zero-order chi connectivity index (χ0) is 20.8. The van der Waals surface area contributed by atoms with Gasteiger partial charge in [-0.3, -0.25) is 4.79 Å². The number of nitriles is 1. The summed E-state index contributed by atoms with van der Waals surface area (Å²) in [5.74, 6) is -0.460. The Bertz CT molecular complexity index is 1070. The Morgan fingerprint density at radius 1 is 1.21 bits per heavy atom. The lowest BCUT2D eigenvalue weighted by Crippen LogP contribution is -2.30. The third kappa shape index (κ3) is 4.97. The van der Waals surface area contributed by atoms with E-state index >= 15 is 0 Å². The normalized spacial score (nSPS) is 11.2. The zero-order valence-electron chi connectivity index (χ0n) is 15.7. The number of aromatic nitrogens is 1. The number of thiazole rings is 1. The van der Waals surface area contributed by atoms with Gasteiger partial charge in [-0.2, -0.15) is 5.26 Å². The van der Waals surface area contributed by atoms with Crippen molar-refractivity contribution < 1.29 is 19.1 Å². The van der Waals surface area contributed by atoms with Crippen molar-refractivity contribution in [3.05, 3.63) is 65.2 Å². The number of esters is 1. The van der Waals surface area contributed by atoms with Crippen molar-refractivity contribution in [2.24, 2.45) is 0 Å². The Labute approximate surface area is 171 Å². The molecule has 0 fully saturated rings. The van der Waals surface area contributed by atoms with Gasteiger partial charge in [-0.1, -0.05) is 6.07 Å². The maximum absolute atomic E-state index is 12.3. The Hall–Kier alpha value is -3.70. The molecule has 1 N–H and O–H groups in total. The molecule has 0 bridgehead atoms. The number of carbonyl (C=O) groups is 2. The molecule has 2 aromatic carbocycles. The Morgan fingerprint density at radius 2 is 1.97 bits per heavy atom. The second-order valence-electron chi connectivity index (χ2n) is 6.00. The molecule has 0 spiro atoms. The molecule has 146 valence electrons. The quantitative estimate of drug-likeness (QED) is 0.623.